The number of amides is 2. The number of hydrogen-bond donors (Lipinski definition) is 2. The molecule has 0 radical (unpaired) electrons. The van der Waals surface area contributed by atoms with Gasteiger partial charge in [0.1, 0.15) is 0 Å². The van der Waals surface area contributed by atoms with Crippen molar-refractivity contribution in [2.45, 2.75) is 12.8 Å². The highest BCUT2D eigenvalue weighted by molar-refractivity contribution is 6.30. The van der Waals surface area contributed by atoms with Gasteiger partial charge in [0.05, 0.1) is 5.69 Å². The largest absolute Gasteiger partial charge is 0.364 e. The monoisotopic (exact) mass is 366 g/mol. The topological polar surface area (TPSA) is 90.0 Å². The van der Waals surface area contributed by atoms with E-state index in [2.05, 4.69) is 10.5 Å². The second-order valence-electron chi connectivity index (χ2n) is 6.06. The summed E-state index contributed by atoms with van der Waals surface area (Å²) in [6, 6.07) is 14.4. The summed E-state index contributed by atoms with van der Waals surface area (Å²) in [7, 11) is 0. The fourth-order valence-corrected chi connectivity index (χ4v) is 3.36. The van der Waals surface area contributed by atoms with Crippen molar-refractivity contribution in [2.75, 3.05) is 5.43 Å². The van der Waals surface area contributed by atoms with Crippen LogP contribution in [-0.4, -0.2) is 21.7 Å². The number of hydrogen-bond acceptors (Lipinski definition) is 3. The van der Waals surface area contributed by atoms with E-state index in [1.807, 2.05) is 24.3 Å². The van der Waals surface area contributed by atoms with Crippen molar-refractivity contribution < 1.29 is 9.59 Å². The molecule has 2 aromatic carbocycles. The smallest absolute Gasteiger partial charge is 0.271 e. The third-order valence-corrected chi connectivity index (χ3v) is 4.70. The molecule has 4 rings (SSSR count). The average molecular weight is 367 g/mol. The summed E-state index contributed by atoms with van der Waals surface area (Å²) in [5.74, 6) is -0.967. The second kappa shape index (κ2) is 6.31. The number of aromatic nitrogens is 2. The summed E-state index contributed by atoms with van der Waals surface area (Å²) in [6.07, 6.45) is 1.43. The van der Waals surface area contributed by atoms with Gasteiger partial charge in [-0.1, -0.05) is 35.9 Å². The van der Waals surface area contributed by atoms with E-state index in [0.717, 1.165) is 23.1 Å². The summed E-state index contributed by atoms with van der Waals surface area (Å²) in [4.78, 5) is 25.7. The maximum atomic E-state index is 12.6. The lowest BCUT2D eigenvalue weighted by Gasteiger charge is -2.18. The van der Waals surface area contributed by atoms with E-state index >= 15 is 0 Å². The van der Waals surface area contributed by atoms with E-state index in [1.54, 1.807) is 24.3 Å². The van der Waals surface area contributed by atoms with Crippen LogP contribution in [0.1, 0.15) is 32.0 Å². The molecule has 2 amide bonds. The van der Waals surface area contributed by atoms with Crippen LogP contribution in [0.2, 0.25) is 5.02 Å². The van der Waals surface area contributed by atoms with Crippen molar-refractivity contribution in [3.8, 4) is 11.3 Å². The van der Waals surface area contributed by atoms with Crippen LogP contribution in [0.3, 0.4) is 0 Å². The minimum atomic E-state index is -0.611. The normalized spacial score (nSPS) is 12.2. The number of carbonyl (C=O) groups is 2. The van der Waals surface area contributed by atoms with Crippen molar-refractivity contribution in [1.82, 2.24) is 9.89 Å². The minimum absolute atomic E-state index is 0.186. The summed E-state index contributed by atoms with van der Waals surface area (Å²) < 4.78 is 0. The van der Waals surface area contributed by atoms with Crippen LogP contribution in [0.5, 0.6) is 0 Å². The Bertz CT molecular complexity index is 1020. The molecule has 0 unspecified atom stereocenters. The van der Waals surface area contributed by atoms with Gasteiger partial charge >= 0.3 is 0 Å². The maximum absolute atomic E-state index is 12.6. The molecule has 1 aliphatic carbocycles. The summed E-state index contributed by atoms with van der Waals surface area (Å²) in [5.41, 5.74) is 12.4. The Hall–Kier alpha value is -3.12. The molecular weight excluding hydrogens is 352 g/mol. The highest BCUT2D eigenvalue weighted by atomic mass is 35.5. The van der Waals surface area contributed by atoms with Gasteiger partial charge in [0.2, 0.25) is 0 Å². The molecule has 3 N–H and O–H groups in total. The molecule has 1 heterocycles. The zero-order valence-electron chi connectivity index (χ0n) is 13.7. The lowest BCUT2D eigenvalue weighted by molar-refractivity contribution is 0.0983. The molecule has 0 fully saturated rings. The number of aryl methyl sites for hydroxylation is 1. The van der Waals surface area contributed by atoms with Crippen LogP contribution in [0.25, 0.3) is 11.3 Å². The van der Waals surface area contributed by atoms with Crippen molar-refractivity contribution in [3.63, 3.8) is 0 Å². The van der Waals surface area contributed by atoms with Gasteiger partial charge in [-0.2, -0.15) is 4.79 Å². The number of primary amides is 1. The average Bonchev–Trinajstić information content (AvgIpc) is 3.01. The molecule has 1 aliphatic rings. The zero-order chi connectivity index (χ0) is 18.3. The first-order valence-electron chi connectivity index (χ1n) is 8.11. The van der Waals surface area contributed by atoms with Crippen LogP contribution in [-0.2, 0) is 12.8 Å². The standard InChI is InChI=1S/C19H15ClN4O2/c20-13-8-5-12(6-9-13)19(26)23-24-17-14-4-2-1-3-11(14)7-10-15(17)16(22-24)18(21)25/h1-6,8-9H,7,10H2,(H2,21,25)(H,23,26). The first-order valence-corrected chi connectivity index (χ1v) is 8.49. The molecule has 6 nitrogen and oxygen atoms in total. The van der Waals surface area contributed by atoms with Gasteiger partial charge in [-0.15, -0.1) is 5.10 Å². The zero-order valence-corrected chi connectivity index (χ0v) is 14.5. The van der Waals surface area contributed by atoms with E-state index in [0.29, 0.717) is 22.7 Å². The number of nitrogens with zero attached hydrogens (tertiary/aromatic N) is 2. The molecule has 26 heavy (non-hydrogen) atoms. The van der Waals surface area contributed by atoms with Gasteiger partial charge in [0.15, 0.2) is 5.69 Å². The molecule has 130 valence electrons. The Morgan fingerprint density at radius 1 is 1.08 bits per heavy atom. The van der Waals surface area contributed by atoms with E-state index in [9.17, 15) is 9.59 Å². The molecule has 0 spiro atoms. The van der Waals surface area contributed by atoms with Crippen LogP contribution in [0, 0.1) is 0 Å². The fraction of sp³-hybridized carbons (Fsp3) is 0.105. The van der Waals surface area contributed by atoms with E-state index < -0.39 is 5.91 Å². The quantitative estimate of drug-likeness (QED) is 0.746. The second-order valence-corrected chi connectivity index (χ2v) is 6.49. The Kier molecular flexibility index (Phi) is 3.97. The van der Waals surface area contributed by atoms with Crippen molar-refractivity contribution >= 4 is 23.4 Å². The number of nitrogens with two attached hydrogens (primary N) is 1. The predicted octanol–water partition coefficient (Wildman–Crippen LogP) is 2.78. The molecular formula is C19H15ClN4O2. The van der Waals surface area contributed by atoms with E-state index in [-0.39, 0.29) is 11.6 Å². The SMILES string of the molecule is NC(=O)c1nn(NC(=O)c2ccc(Cl)cc2)c2c1CCc1ccccc1-2. The van der Waals surface area contributed by atoms with Gasteiger partial charge in [-0.25, -0.2) is 5.43 Å². The molecule has 7 heteroatoms. The third kappa shape index (κ3) is 2.74. The van der Waals surface area contributed by atoms with Gasteiger partial charge in [-0.3, -0.25) is 9.59 Å². The summed E-state index contributed by atoms with van der Waals surface area (Å²) in [6.45, 7) is 0. The molecule has 0 atom stereocenters. The number of halogens is 1. The Labute approximate surface area is 154 Å². The molecule has 3 aromatic rings. The third-order valence-electron chi connectivity index (χ3n) is 4.45. The van der Waals surface area contributed by atoms with Crippen LogP contribution in [0.4, 0.5) is 0 Å². The van der Waals surface area contributed by atoms with Gasteiger partial charge in [0.25, 0.3) is 11.8 Å². The molecule has 0 saturated heterocycles. The van der Waals surface area contributed by atoms with E-state index in [4.69, 9.17) is 17.3 Å². The molecule has 0 bridgehead atoms. The van der Waals surface area contributed by atoms with Crippen LogP contribution < -0.4 is 11.2 Å². The fourth-order valence-electron chi connectivity index (χ4n) is 3.23. The Morgan fingerprint density at radius 3 is 2.54 bits per heavy atom. The summed E-state index contributed by atoms with van der Waals surface area (Å²) in [5, 5.41) is 4.80. The Balaban J connectivity index is 1.79. The first-order chi connectivity index (χ1) is 12.5. The Morgan fingerprint density at radius 2 is 1.81 bits per heavy atom. The predicted molar refractivity (Wildman–Crippen MR) is 98.7 cm³/mol. The van der Waals surface area contributed by atoms with Gasteiger partial charge in [-0.05, 0) is 42.7 Å². The number of nitrogens with one attached hydrogen (secondary N) is 1. The maximum Gasteiger partial charge on any atom is 0.271 e. The van der Waals surface area contributed by atoms with Crippen molar-refractivity contribution in [2.24, 2.45) is 5.73 Å². The first kappa shape index (κ1) is 16.4. The summed E-state index contributed by atoms with van der Waals surface area (Å²) >= 11 is 5.87. The van der Waals surface area contributed by atoms with Crippen LogP contribution >= 0.6 is 11.6 Å². The van der Waals surface area contributed by atoms with Crippen molar-refractivity contribution in [1.29, 1.82) is 0 Å². The highest BCUT2D eigenvalue weighted by Gasteiger charge is 2.28. The lowest BCUT2D eigenvalue weighted by atomic mass is 9.89. The van der Waals surface area contributed by atoms with Gasteiger partial charge in [0, 0.05) is 21.7 Å². The lowest BCUT2D eigenvalue weighted by Crippen LogP contribution is -2.25. The number of benzene rings is 2. The number of fused-ring (bicyclic) bond motifs is 3. The highest BCUT2D eigenvalue weighted by Crippen LogP contribution is 2.34. The van der Waals surface area contributed by atoms with Gasteiger partial charge < -0.3 is 5.73 Å². The van der Waals surface area contributed by atoms with Crippen LogP contribution in [0.15, 0.2) is 48.5 Å². The molecule has 0 saturated carbocycles. The number of rotatable bonds is 3. The number of carbonyl (C=O) groups excluding carboxylic acids is 2. The van der Waals surface area contributed by atoms with Crippen molar-refractivity contribution in [3.05, 3.63) is 75.9 Å². The van der Waals surface area contributed by atoms with E-state index in [1.165, 1.54) is 4.79 Å². The molecule has 1 aromatic heterocycles. The molecule has 0 aliphatic heterocycles. The minimum Gasteiger partial charge on any atom is -0.364 e.